The molecular formula is C17H16O3. The Balaban J connectivity index is 2.29. The third kappa shape index (κ3) is 2.94. The lowest BCUT2D eigenvalue weighted by atomic mass is 9.96. The molecule has 0 unspecified atom stereocenters. The van der Waals surface area contributed by atoms with Crippen molar-refractivity contribution in [3.63, 3.8) is 0 Å². The molecule has 0 heterocycles. The van der Waals surface area contributed by atoms with Crippen molar-refractivity contribution in [2.75, 3.05) is 0 Å². The van der Waals surface area contributed by atoms with Crippen molar-refractivity contribution in [3.05, 3.63) is 64.7 Å². The van der Waals surface area contributed by atoms with Crippen LogP contribution in [0.15, 0.2) is 42.5 Å². The van der Waals surface area contributed by atoms with Gasteiger partial charge < -0.3 is 4.74 Å². The Bertz CT molecular complexity index is 654. The molecule has 0 aliphatic rings. The van der Waals surface area contributed by atoms with Crippen LogP contribution >= 0.6 is 0 Å². The van der Waals surface area contributed by atoms with Crippen LogP contribution in [0.5, 0.6) is 5.75 Å². The van der Waals surface area contributed by atoms with Gasteiger partial charge in [0.25, 0.3) is 0 Å². The van der Waals surface area contributed by atoms with Gasteiger partial charge in [-0.05, 0) is 49.2 Å². The number of ether oxygens (including phenoxy) is 1. The molecule has 0 saturated carbocycles. The SMILES string of the molecule is CC(=O)Oc1ccc(C(=O)c2cccc(C)c2C)cc1. The van der Waals surface area contributed by atoms with Crippen LogP contribution in [0.2, 0.25) is 0 Å². The Morgan fingerprint density at radius 1 is 0.950 bits per heavy atom. The third-order valence-electron chi connectivity index (χ3n) is 3.23. The van der Waals surface area contributed by atoms with Gasteiger partial charge in [-0.3, -0.25) is 9.59 Å². The van der Waals surface area contributed by atoms with E-state index in [-0.39, 0.29) is 11.8 Å². The molecule has 0 N–H and O–H groups in total. The third-order valence-corrected chi connectivity index (χ3v) is 3.23. The Morgan fingerprint density at radius 2 is 1.60 bits per heavy atom. The summed E-state index contributed by atoms with van der Waals surface area (Å²) in [6.45, 7) is 5.26. The largest absolute Gasteiger partial charge is 0.427 e. The molecule has 0 atom stereocenters. The van der Waals surface area contributed by atoms with Crippen molar-refractivity contribution < 1.29 is 14.3 Å². The number of rotatable bonds is 3. The Labute approximate surface area is 118 Å². The molecule has 0 amide bonds. The molecule has 20 heavy (non-hydrogen) atoms. The number of ketones is 1. The van der Waals surface area contributed by atoms with Crippen LogP contribution in [0.25, 0.3) is 0 Å². The lowest BCUT2D eigenvalue weighted by molar-refractivity contribution is -0.131. The van der Waals surface area contributed by atoms with Gasteiger partial charge in [0.2, 0.25) is 0 Å². The zero-order chi connectivity index (χ0) is 14.7. The minimum atomic E-state index is -0.376. The number of hydrogen-bond acceptors (Lipinski definition) is 3. The van der Waals surface area contributed by atoms with E-state index in [1.807, 2.05) is 32.0 Å². The second-order valence-corrected chi connectivity index (χ2v) is 4.69. The van der Waals surface area contributed by atoms with Gasteiger partial charge in [-0.15, -0.1) is 0 Å². The van der Waals surface area contributed by atoms with Gasteiger partial charge in [0.15, 0.2) is 5.78 Å². The fourth-order valence-corrected chi connectivity index (χ4v) is 1.99. The summed E-state index contributed by atoms with van der Waals surface area (Å²) in [7, 11) is 0. The van der Waals surface area contributed by atoms with Crippen molar-refractivity contribution in [1.82, 2.24) is 0 Å². The average molecular weight is 268 g/mol. The van der Waals surface area contributed by atoms with Crippen LogP contribution < -0.4 is 4.74 Å². The Kier molecular flexibility index (Phi) is 3.99. The quantitative estimate of drug-likeness (QED) is 0.486. The highest BCUT2D eigenvalue weighted by Gasteiger charge is 2.12. The fraction of sp³-hybridized carbons (Fsp3) is 0.176. The maximum atomic E-state index is 12.4. The zero-order valence-electron chi connectivity index (χ0n) is 11.8. The molecule has 2 aromatic carbocycles. The van der Waals surface area contributed by atoms with Crippen LogP contribution in [0.4, 0.5) is 0 Å². The monoisotopic (exact) mass is 268 g/mol. The zero-order valence-corrected chi connectivity index (χ0v) is 11.8. The van der Waals surface area contributed by atoms with Crippen LogP contribution in [-0.4, -0.2) is 11.8 Å². The van der Waals surface area contributed by atoms with E-state index in [9.17, 15) is 9.59 Å². The lowest BCUT2D eigenvalue weighted by Crippen LogP contribution is -2.05. The summed E-state index contributed by atoms with van der Waals surface area (Å²) >= 11 is 0. The van der Waals surface area contributed by atoms with Gasteiger partial charge in [-0.2, -0.15) is 0 Å². The molecule has 102 valence electrons. The summed E-state index contributed by atoms with van der Waals surface area (Å²) in [5, 5.41) is 0. The highest BCUT2D eigenvalue weighted by atomic mass is 16.5. The van der Waals surface area contributed by atoms with Crippen LogP contribution in [0.3, 0.4) is 0 Å². The molecule has 0 bridgehead atoms. The van der Waals surface area contributed by atoms with Crippen LogP contribution in [0, 0.1) is 13.8 Å². The molecule has 0 fully saturated rings. The topological polar surface area (TPSA) is 43.4 Å². The van der Waals surface area contributed by atoms with Gasteiger partial charge in [0.05, 0.1) is 0 Å². The van der Waals surface area contributed by atoms with Crippen molar-refractivity contribution in [2.24, 2.45) is 0 Å². The molecule has 0 spiro atoms. The molecular weight excluding hydrogens is 252 g/mol. The number of carbonyl (C=O) groups excluding carboxylic acids is 2. The summed E-state index contributed by atoms with van der Waals surface area (Å²) in [6.07, 6.45) is 0. The predicted octanol–water partition coefficient (Wildman–Crippen LogP) is 3.46. The van der Waals surface area contributed by atoms with Gasteiger partial charge in [-0.1, -0.05) is 18.2 Å². The standard InChI is InChI=1S/C17H16O3/c1-11-5-4-6-16(12(11)2)17(19)14-7-9-15(10-8-14)20-13(3)18/h4-10H,1-3H3. The maximum absolute atomic E-state index is 12.4. The van der Waals surface area contributed by atoms with E-state index in [1.165, 1.54) is 6.92 Å². The van der Waals surface area contributed by atoms with Crippen LogP contribution in [0.1, 0.15) is 34.0 Å². The molecule has 2 rings (SSSR count). The summed E-state index contributed by atoms with van der Waals surface area (Å²) in [5.41, 5.74) is 3.36. The van der Waals surface area contributed by atoms with E-state index >= 15 is 0 Å². The summed E-state index contributed by atoms with van der Waals surface area (Å²) in [4.78, 5) is 23.3. The van der Waals surface area contributed by atoms with E-state index in [4.69, 9.17) is 4.74 Å². The number of hydrogen-bond donors (Lipinski definition) is 0. The van der Waals surface area contributed by atoms with Gasteiger partial charge in [0.1, 0.15) is 5.75 Å². The van der Waals surface area contributed by atoms with Crippen molar-refractivity contribution in [1.29, 1.82) is 0 Å². The number of aryl methyl sites for hydroxylation is 1. The second-order valence-electron chi connectivity index (χ2n) is 4.69. The molecule has 0 aromatic heterocycles. The number of benzene rings is 2. The van der Waals surface area contributed by atoms with E-state index in [1.54, 1.807) is 24.3 Å². The highest BCUT2D eigenvalue weighted by molar-refractivity contribution is 6.10. The first-order valence-electron chi connectivity index (χ1n) is 6.38. The van der Waals surface area contributed by atoms with E-state index in [0.29, 0.717) is 16.9 Å². The van der Waals surface area contributed by atoms with Crippen molar-refractivity contribution >= 4 is 11.8 Å². The normalized spacial score (nSPS) is 10.2. The maximum Gasteiger partial charge on any atom is 0.308 e. The smallest absolute Gasteiger partial charge is 0.308 e. The minimum absolute atomic E-state index is 0.0272. The Morgan fingerprint density at radius 3 is 2.20 bits per heavy atom. The van der Waals surface area contributed by atoms with Crippen molar-refractivity contribution in [2.45, 2.75) is 20.8 Å². The van der Waals surface area contributed by atoms with E-state index in [2.05, 4.69) is 0 Å². The highest BCUT2D eigenvalue weighted by Crippen LogP contribution is 2.19. The number of esters is 1. The first-order valence-corrected chi connectivity index (χ1v) is 6.38. The molecule has 0 aliphatic heterocycles. The molecule has 3 heteroatoms. The summed E-state index contributed by atoms with van der Waals surface area (Å²) < 4.78 is 4.95. The summed E-state index contributed by atoms with van der Waals surface area (Å²) in [5.74, 6) is 0.0363. The summed E-state index contributed by atoms with van der Waals surface area (Å²) in [6, 6.07) is 12.3. The van der Waals surface area contributed by atoms with Gasteiger partial charge in [0, 0.05) is 18.1 Å². The minimum Gasteiger partial charge on any atom is -0.427 e. The Hall–Kier alpha value is -2.42. The second kappa shape index (κ2) is 5.70. The fourth-order valence-electron chi connectivity index (χ4n) is 1.99. The average Bonchev–Trinajstić information content (AvgIpc) is 2.41. The first kappa shape index (κ1) is 14.0. The molecule has 2 aromatic rings. The van der Waals surface area contributed by atoms with E-state index < -0.39 is 0 Å². The number of carbonyl (C=O) groups is 2. The van der Waals surface area contributed by atoms with E-state index in [0.717, 1.165) is 11.1 Å². The lowest BCUT2D eigenvalue weighted by Gasteiger charge is -2.08. The van der Waals surface area contributed by atoms with Crippen LogP contribution in [-0.2, 0) is 4.79 Å². The van der Waals surface area contributed by atoms with Crippen molar-refractivity contribution in [3.8, 4) is 5.75 Å². The predicted molar refractivity (Wildman–Crippen MR) is 77.1 cm³/mol. The molecule has 0 aliphatic carbocycles. The molecule has 0 radical (unpaired) electrons. The first-order chi connectivity index (χ1) is 9.49. The molecule has 3 nitrogen and oxygen atoms in total. The van der Waals surface area contributed by atoms with Gasteiger partial charge >= 0.3 is 5.97 Å². The van der Waals surface area contributed by atoms with Gasteiger partial charge in [-0.25, -0.2) is 0 Å². The molecule has 0 saturated heterocycles.